The van der Waals surface area contributed by atoms with Crippen LogP contribution in [-0.4, -0.2) is 55.4 Å². The van der Waals surface area contributed by atoms with E-state index in [2.05, 4.69) is 42.7 Å². The van der Waals surface area contributed by atoms with Crippen molar-refractivity contribution in [3.05, 3.63) is 59.9 Å². The summed E-state index contributed by atoms with van der Waals surface area (Å²) in [7, 11) is 0. The lowest BCUT2D eigenvalue weighted by molar-refractivity contribution is 0.0663. The third-order valence-corrected chi connectivity index (χ3v) is 5.20. The fourth-order valence-electron chi connectivity index (χ4n) is 3.43. The second-order valence-corrected chi connectivity index (χ2v) is 8.50. The number of aliphatic hydroxyl groups excluding tert-OH is 1. The van der Waals surface area contributed by atoms with Crippen molar-refractivity contribution in [1.29, 1.82) is 0 Å². The van der Waals surface area contributed by atoms with Gasteiger partial charge in [-0.3, -0.25) is 4.90 Å². The lowest BCUT2D eigenvalue weighted by Gasteiger charge is -2.36. The summed E-state index contributed by atoms with van der Waals surface area (Å²) in [6, 6.07) is 14.7. The summed E-state index contributed by atoms with van der Waals surface area (Å²) in [5, 5.41) is 10.3. The number of hydrogen-bond acceptors (Lipinski definition) is 4. The molecule has 28 heavy (non-hydrogen) atoms. The average Bonchev–Trinajstić information content (AvgIpc) is 2.67. The molecule has 1 heterocycles. The van der Waals surface area contributed by atoms with Crippen LogP contribution >= 0.6 is 0 Å². The zero-order valence-electron chi connectivity index (χ0n) is 17.1. The Morgan fingerprint density at radius 2 is 1.57 bits per heavy atom. The molecule has 1 fully saturated rings. The second kappa shape index (κ2) is 8.93. The molecule has 0 bridgehead atoms. The van der Waals surface area contributed by atoms with Crippen molar-refractivity contribution in [2.45, 2.75) is 32.3 Å². The van der Waals surface area contributed by atoms with Crippen molar-refractivity contribution in [1.82, 2.24) is 4.90 Å². The van der Waals surface area contributed by atoms with Crippen LogP contribution in [0.3, 0.4) is 0 Å². The highest BCUT2D eigenvalue weighted by molar-refractivity contribution is 5.46. The van der Waals surface area contributed by atoms with Gasteiger partial charge in [-0.1, -0.05) is 32.9 Å². The molecule has 1 aliphatic heterocycles. The Hall–Kier alpha value is -2.11. The first-order chi connectivity index (χ1) is 13.3. The van der Waals surface area contributed by atoms with Gasteiger partial charge < -0.3 is 14.7 Å². The van der Waals surface area contributed by atoms with Crippen molar-refractivity contribution in [2.24, 2.45) is 0 Å². The average molecular weight is 387 g/mol. The molecule has 0 amide bonds. The van der Waals surface area contributed by atoms with E-state index in [-0.39, 0.29) is 17.8 Å². The molecule has 0 unspecified atom stereocenters. The third kappa shape index (κ3) is 5.69. The summed E-state index contributed by atoms with van der Waals surface area (Å²) in [6.07, 6.45) is -0.528. The minimum absolute atomic E-state index is 0.119. The number of piperazine rings is 1. The summed E-state index contributed by atoms with van der Waals surface area (Å²) >= 11 is 0. The highest BCUT2D eigenvalue weighted by Crippen LogP contribution is 2.24. The maximum absolute atomic E-state index is 13.1. The number of anilines is 1. The Kier molecular flexibility index (Phi) is 6.57. The molecule has 3 rings (SSSR count). The SMILES string of the molecule is CC(C)(C)c1ccc(OC[C@H](O)CN2CCN(c3ccc(F)cc3)CC2)cc1. The van der Waals surface area contributed by atoms with Gasteiger partial charge in [0.05, 0.1) is 0 Å². The van der Waals surface area contributed by atoms with E-state index in [0.717, 1.165) is 37.6 Å². The van der Waals surface area contributed by atoms with Crippen LogP contribution in [0.4, 0.5) is 10.1 Å². The van der Waals surface area contributed by atoms with Gasteiger partial charge in [0.1, 0.15) is 24.3 Å². The van der Waals surface area contributed by atoms with Crippen LogP contribution in [0.1, 0.15) is 26.3 Å². The topological polar surface area (TPSA) is 35.9 Å². The van der Waals surface area contributed by atoms with Crippen molar-refractivity contribution in [3.63, 3.8) is 0 Å². The first-order valence-corrected chi connectivity index (χ1v) is 9.95. The Morgan fingerprint density at radius 3 is 2.14 bits per heavy atom. The number of halogens is 1. The molecule has 0 radical (unpaired) electrons. The van der Waals surface area contributed by atoms with E-state index >= 15 is 0 Å². The lowest BCUT2D eigenvalue weighted by atomic mass is 9.87. The van der Waals surface area contributed by atoms with Crippen molar-refractivity contribution in [3.8, 4) is 5.75 Å². The van der Waals surface area contributed by atoms with Crippen LogP contribution < -0.4 is 9.64 Å². The van der Waals surface area contributed by atoms with Gasteiger partial charge in [-0.2, -0.15) is 0 Å². The summed E-state index contributed by atoms with van der Waals surface area (Å²) in [5.41, 5.74) is 2.43. The highest BCUT2D eigenvalue weighted by Gasteiger charge is 2.20. The lowest BCUT2D eigenvalue weighted by Crippen LogP contribution is -2.49. The second-order valence-electron chi connectivity index (χ2n) is 8.50. The van der Waals surface area contributed by atoms with Crippen LogP contribution in [0.5, 0.6) is 5.75 Å². The van der Waals surface area contributed by atoms with E-state index in [9.17, 15) is 9.50 Å². The molecule has 1 saturated heterocycles. The number of nitrogens with zero attached hydrogens (tertiary/aromatic N) is 2. The molecule has 0 saturated carbocycles. The maximum atomic E-state index is 13.1. The third-order valence-electron chi connectivity index (χ3n) is 5.20. The molecular formula is C23H31FN2O2. The number of aliphatic hydroxyl groups is 1. The largest absolute Gasteiger partial charge is 0.491 e. The summed E-state index contributed by atoms with van der Waals surface area (Å²) < 4.78 is 18.8. The van der Waals surface area contributed by atoms with Gasteiger partial charge in [0.2, 0.25) is 0 Å². The molecule has 0 aromatic heterocycles. The molecule has 1 atom stereocenters. The predicted octanol–water partition coefficient (Wildman–Crippen LogP) is 3.69. The summed E-state index contributed by atoms with van der Waals surface area (Å²) in [5.74, 6) is 0.576. The zero-order valence-corrected chi connectivity index (χ0v) is 17.1. The quantitative estimate of drug-likeness (QED) is 0.822. The van der Waals surface area contributed by atoms with Crippen LogP contribution in [0.25, 0.3) is 0 Å². The molecule has 0 aliphatic carbocycles. The van der Waals surface area contributed by atoms with Crippen LogP contribution in [0, 0.1) is 5.82 Å². The van der Waals surface area contributed by atoms with E-state index in [1.165, 1.54) is 17.7 Å². The number of β-amino-alcohol motifs (C(OH)–C–C–N with tert-alkyl or cyclic N) is 1. The predicted molar refractivity (Wildman–Crippen MR) is 112 cm³/mol. The minimum atomic E-state index is -0.528. The molecule has 1 aliphatic rings. The number of rotatable bonds is 6. The fraction of sp³-hybridized carbons (Fsp3) is 0.478. The van der Waals surface area contributed by atoms with Gasteiger partial charge in [0, 0.05) is 38.4 Å². The molecular weight excluding hydrogens is 355 g/mol. The summed E-state index contributed by atoms with van der Waals surface area (Å²) in [4.78, 5) is 4.49. The molecule has 5 heteroatoms. The normalized spacial score (nSPS) is 16.8. The highest BCUT2D eigenvalue weighted by atomic mass is 19.1. The van der Waals surface area contributed by atoms with E-state index in [0.29, 0.717) is 6.54 Å². The molecule has 152 valence electrons. The van der Waals surface area contributed by atoms with Gasteiger partial charge in [0.15, 0.2) is 0 Å². The number of benzene rings is 2. The monoisotopic (exact) mass is 386 g/mol. The standard InChI is InChI=1S/C23H31FN2O2/c1-23(2,3)18-4-10-22(11-5-18)28-17-21(27)16-25-12-14-26(15-13-25)20-8-6-19(24)7-9-20/h4-11,21,27H,12-17H2,1-3H3/t21-/m1/s1. The molecule has 0 spiro atoms. The van der Waals surface area contributed by atoms with Gasteiger partial charge in [-0.15, -0.1) is 0 Å². The van der Waals surface area contributed by atoms with E-state index < -0.39 is 6.10 Å². The van der Waals surface area contributed by atoms with Gasteiger partial charge >= 0.3 is 0 Å². The molecule has 1 N–H and O–H groups in total. The summed E-state index contributed by atoms with van der Waals surface area (Å²) in [6.45, 7) is 10.9. The van der Waals surface area contributed by atoms with E-state index in [1.807, 2.05) is 24.3 Å². The van der Waals surface area contributed by atoms with Gasteiger partial charge in [-0.25, -0.2) is 4.39 Å². The Labute approximate surface area is 167 Å². The van der Waals surface area contributed by atoms with Crippen molar-refractivity contribution >= 4 is 5.69 Å². The van der Waals surface area contributed by atoms with Crippen LogP contribution in [0.2, 0.25) is 0 Å². The number of hydrogen-bond donors (Lipinski definition) is 1. The van der Waals surface area contributed by atoms with Crippen molar-refractivity contribution in [2.75, 3.05) is 44.2 Å². The first-order valence-electron chi connectivity index (χ1n) is 9.95. The van der Waals surface area contributed by atoms with Crippen LogP contribution in [0.15, 0.2) is 48.5 Å². The fourth-order valence-corrected chi connectivity index (χ4v) is 3.43. The number of ether oxygens (including phenoxy) is 1. The Balaban J connectivity index is 1.41. The Morgan fingerprint density at radius 1 is 0.964 bits per heavy atom. The van der Waals surface area contributed by atoms with Crippen LogP contribution in [-0.2, 0) is 5.41 Å². The zero-order chi connectivity index (χ0) is 20.1. The maximum Gasteiger partial charge on any atom is 0.123 e. The smallest absolute Gasteiger partial charge is 0.123 e. The van der Waals surface area contributed by atoms with Crippen molar-refractivity contribution < 1.29 is 14.2 Å². The minimum Gasteiger partial charge on any atom is -0.491 e. The van der Waals surface area contributed by atoms with Gasteiger partial charge in [-0.05, 0) is 47.4 Å². The van der Waals surface area contributed by atoms with Gasteiger partial charge in [0.25, 0.3) is 0 Å². The van der Waals surface area contributed by atoms with E-state index in [1.54, 1.807) is 0 Å². The van der Waals surface area contributed by atoms with E-state index in [4.69, 9.17) is 4.74 Å². The molecule has 2 aromatic carbocycles. The molecule has 2 aromatic rings. The Bertz CT molecular complexity index is 733. The first kappa shape index (κ1) is 20.6. The molecule has 4 nitrogen and oxygen atoms in total.